The predicted octanol–water partition coefficient (Wildman–Crippen LogP) is 4.24. The summed E-state index contributed by atoms with van der Waals surface area (Å²) in [5.74, 6) is 0.380. The molecular formula is C25H25N3O7S. The van der Waals surface area contributed by atoms with Gasteiger partial charge in [-0.1, -0.05) is 35.5 Å². The molecule has 0 saturated carbocycles. The highest BCUT2D eigenvalue weighted by atomic mass is 32.2. The average molecular weight is 512 g/mol. The molecule has 0 aliphatic heterocycles. The summed E-state index contributed by atoms with van der Waals surface area (Å²) in [6.07, 6.45) is 1.87. The van der Waals surface area contributed by atoms with E-state index >= 15 is 0 Å². The van der Waals surface area contributed by atoms with Crippen molar-refractivity contribution in [1.82, 2.24) is 10.1 Å². The fourth-order valence-corrected chi connectivity index (χ4v) is 5.03. The summed E-state index contributed by atoms with van der Waals surface area (Å²) in [4.78, 5) is 15.1. The van der Waals surface area contributed by atoms with Crippen LogP contribution in [0.2, 0.25) is 0 Å². The lowest BCUT2D eigenvalue weighted by atomic mass is 10.0. The highest BCUT2D eigenvalue weighted by molar-refractivity contribution is 7.93. The molecule has 0 N–H and O–H groups in total. The standard InChI is InChI=1S/C25H25N3O7S/c1-17-18(2)27-35-25(17)28(16-33-13-12-32-3)36(30,31)23-7-5-4-6-22(23)19-8-10-20(11-9-19)24-26-21(14-29)15-34-24/h4-11,14-15H,12-13,16H2,1-3H3. The van der Waals surface area contributed by atoms with E-state index in [2.05, 4.69) is 10.1 Å². The molecule has 0 fully saturated rings. The first-order valence-corrected chi connectivity index (χ1v) is 12.4. The molecule has 2 heterocycles. The molecule has 2 aromatic heterocycles. The van der Waals surface area contributed by atoms with Crippen molar-refractivity contribution in [2.45, 2.75) is 18.7 Å². The van der Waals surface area contributed by atoms with E-state index in [1.165, 1.54) is 19.4 Å². The SMILES string of the molecule is COCCOCN(c1onc(C)c1C)S(=O)(=O)c1ccccc1-c1ccc(-c2nc(C=O)co2)cc1. The highest BCUT2D eigenvalue weighted by Crippen LogP contribution is 2.34. The van der Waals surface area contributed by atoms with E-state index in [1.807, 2.05) is 0 Å². The smallest absolute Gasteiger partial charge is 0.269 e. The number of oxazole rings is 1. The molecule has 2 aromatic carbocycles. The molecule has 0 radical (unpaired) electrons. The first-order chi connectivity index (χ1) is 17.4. The first-order valence-electron chi connectivity index (χ1n) is 11.0. The Morgan fingerprint density at radius 1 is 1.03 bits per heavy atom. The number of aryl methyl sites for hydroxylation is 1. The van der Waals surface area contributed by atoms with Crippen LogP contribution in [-0.2, 0) is 19.5 Å². The van der Waals surface area contributed by atoms with E-state index in [4.69, 9.17) is 18.4 Å². The summed E-state index contributed by atoms with van der Waals surface area (Å²) in [7, 11) is -2.59. The van der Waals surface area contributed by atoms with Crippen LogP contribution in [0.25, 0.3) is 22.6 Å². The number of methoxy groups -OCH3 is 1. The van der Waals surface area contributed by atoms with Crippen molar-refractivity contribution in [2.75, 3.05) is 31.4 Å². The monoisotopic (exact) mass is 511 g/mol. The van der Waals surface area contributed by atoms with Crippen LogP contribution in [-0.4, -0.2) is 51.9 Å². The van der Waals surface area contributed by atoms with Crippen LogP contribution in [0, 0.1) is 13.8 Å². The molecule has 0 spiro atoms. The minimum atomic E-state index is -4.13. The van der Waals surface area contributed by atoms with Crippen LogP contribution in [0.1, 0.15) is 21.7 Å². The van der Waals surface area contributed by atoms with Gasteiger partial charge in [0.25, 0.3) is 10.0 Å². The topological polar surface area (TPSA) is 125 Å². The van der Waals surface area contributed by atoms with Gasteiger partial charge in [0.05, 0.1) is 23.8 Å². The Morgan fingerprint density at radius 2 is 1.75 bits per heavy atom. The number of hydrogen-bond donors (Lipinski definition) is 0. The molecule has 4 aromatic rings. The minimum absolute atomic E-state index is 0.0703. The van der Waals surface area contributed by atoms with Crippen LogP contribution < -0.4 is 4.31 Å². The number of sulfonamides is 1. The quantitative estimate of drug-likeness (QED) is 0.165. The van der Waals surface area contributed by atoms with Gasteiger partial charge in [-0.15, -0.1) is 0 Å². The lowest BCUT2D eigenvalue weighted by molar-refractivity contribution is 0.0744. The highest BCUT2D eigenvalue weighted by Gasteiger charge is 2.32. The summed E-state index contributed by atoms with van der Waals surface area (Å²) >= 11 is 0. The summed E-state index contributed by atoms with van der Waals surface area (Å²) in [5.41, 5.74) is 3.16. The van der Waals surface area contributed by atoms with Crippen molar-refractivity contribution in [3.05, 3.63) is 71.7 Å². The third-order valence-electron chi connectivity index (χ3n) is 5.54. The van der Waals surface area contributed by atoms with Gasteiger partial charge in [-0.3, -0.25) is 4.79 Å². The summed E-state index contributed by atoms with van der Waals surface area (Å²) < 4.78 is 50.2. The van der Waals surface area contributed by atoms with Crippen molar-refractivity contribution < 1.29 is 31.6 Å². The van der Waals surface area contributed by atoms with Crippen molar-refractivity contribution in [3.8, 4) is 22.6 Å². The number of rotatable bonds is 11. The fraction of sp³-hybridized carbons (Fsp3) is 0.240. The number of hydrogen-bond acceptors (Lipinski definition) is 9. The Bertz CT molecular complexity index is 1440. The number of aldehydes is 1. The maximum absolute atomic E-state index is 13.9. The third-order valence-corrected chi connectivity index (χ3v) is 7.30. The molecule has 0 atom stereocenters. The molecule has 0 aliphatic carbocycles. The molecule has 11 heteroatoms. The number of ether oxygens (including phenoxy) is 2. The van der Waals surface area contributed by atoms with E-state index in [0.717, 1.165) is 4.31 Å². The second-order valence-corrected chi connectivity index (χ2v) is 9.68. The van der Waals surface area contributed by atoms with Gasteiger partial charge in [-0.2, -0.15) is 0 Å². The van der Waals surface area contributed by atoms with E-state index in [-0.39, 0.29) is 29.8 Å². The van der Waals surface area contributed by atoms with Crippen molar-refractivity contribution in [3.63, 3.8) is 0 Å². The number of anilines is 1. The number of carbonyl (C=O) groups is 1. The number of carbonyl (C=O) groups excluding carboxylic acids is 1. The largest absolute Gasteiger partial charge is 0.444 e. The van der Waals surface area contributed by atoms with Gasteiger partial charge in [0.1, 0.15) is 18.7 Å². The molecule has 0 saturated heterocycles. The Labute approximate surface area is 208 Å². The molecule has 188 valence electrons. The number of aromatic nitrogens is 2. The average Bonchev–Trinajstić information content (AvgIpc) is 3.51. The Balaban J connectivity index is 1.72. The number of nitrogens with zero attached hydrogens (tertiary/aromatic N) is 3. The second-order valence-electron chi connectivity index (χ2n) is 7.85. The Hall–Kier alpha value is -3.80. The molecular weight excluding hydrogens is 486 g/mol. The van der Waals surface area contributed by atoms with Crippen LogP contribution >= 0.6 is 0 Å². The molecule has 0 bridgehead atoms. The van der Waals surface area contributed by atoms with Gasteiger partial charge in [0.2, 0.25) is 11.8 Å². The summed E-state index contributed by atoms with van der Waals surface area (Å²) in [6, 6.07) is 13.7. The Morgan fingerprint density at radius 3 is 2.39 bits per heavy atom. The molecule has 0 unspecified atom stereocenters. The minimum Gasteiger partial charge on any atom is -0.444 e. The molecule has 0 amide bonds. The normalized spacial score (nSPS) is 11.5. The van der Waals surface area contributed by atoms with Crippen molar-refractivity contribution in [2.24, 2.45) is 0 Å². The zero-order valence-electron chi connectivity index (χ0n) is 20.0. The van der Waals surface area contributed by atoms with Gasteiger partial charge in [0.15, 0.2) is 6.29 Å². The molecule has 0 aliphatic rings. The first kappa shape index (κ1) is 25.3. The maximum atomic E-state index is 13.9. The molecule has 36 heavy (non-hydrogen) atoms. The van der Waals surface area contributed by atoms with Crippen LogP contribution in [0.4, 0.5) is 5.88 Å². The molecule has 4 rings (SSSR count). The van der Waals surface area contributed by atoms with Gasteiger partial charge in [-0.05, 0) is 37.6 Å². The van der Waals surface area contributed by atoms with E-state index in [9.17, 15) is 13.2 Å². The van der Waals surface area contributed by atoms with E-state index in [0.29, 0.717) is 46.7 Å². The van der Waals surface area contributed by atoms with Gasteiger partial charge in [-0.25, -0.2) is 17.7 Å². The summed E-state index contributed by atoms with van der Waals surface area (Å²) in [6.45, 7) is 3.70. The van der Waals surface area contributed by atoms with Gasteiger partial charge < -0.3 is 18.4 Å². The predicted molar refractivity (Wildman–Crippen MR) is 131 cm³/mol. The fourth-order valence-electron chi connectivity index (χ4n) is 3.48. The van der Waals surface area contributed by atoms with Gasteiger partial charge in [0, 0.05) is 23.8 Å². The molecule has 10 nitrogen and oxygen atoms in total. The lowest BCUT2D eigenvalue weighted by Gasteiger charge is -2.23. The van der Waals surface area contributed by atoms with Crippen molar-refractivity contribution >= 4 is 22.2 Å². The van der Waals surface area contributed by atoms with Crippen LogP contribution in [0.3, 0.4) is 0 Å². The number of benzene rings is 2. The summed E-state index contributed by atoms with van der Waals surface area (Å²) in [5, 5.41) is 3.92. The zero-order chi connectivity index (χ0) is 25.7. The van der Waals surface area contributed by atoms with E-state index < -0.39 is 10.0 Å². The van der Waals surface area contributed by atoms with Gasteiger partial charge >= 0.3 is 0 Å². The lowest BCUT2D eigenvalue weighted by Crippen LogP contribution is -2.34. The zero-order valence-corrected chi connectivity index (χ0v) is 20.8. The van der Waals surface area contributed by atoms with Crippen LogP contribution in [0.5, 0.6) is 0 Å². The maximum Gasteiger partial charge on any atom is 0.269 e. The Kier molecular flexibility index (Phi) is 7.63. The van der Waals surface area contributed by atoms with Crippen molar-refractivity contribution in [1.29, 1.82) is 0 Å². The van der Waals surface area contributed by atoms with E-state index in [1.54, 1.807) is 56.3 Å². The van der Waals surface area contributed by atoms with Crippen LogP contribution in [0.15, 0.2) is 68.6 Å². The third kappa shape index (κ3) is 5.08. The second kappa shape index (κ2) is 10.9.